The largest absolute Gasteiger partial charge is 0.481 e. The van der Waals surface area contributed by atoms with Crippen molar-refractivity contribution in [1.82, 2.24) is 4.90 Å². The molecule has 1 atom stereocenters. The highest BCUT2D eigenvalue weighted by Gasteiger charge is 2.29. The molecule has 3 rings (SSSR count). The van der Waals surface area contributed by atoms with Gasteiger partial charge in [0.15, 0.2) is 0 Å². The molecular weight excluding hydrogens is 286 g/mol. The van der Waals surface area contributed by atoms with Gasteiger partial charge in [0.2, 0.25) is 0 Å². The number of carboxylic acids is 1. The summed E-state index contributed by atoms with van der Waals surface area (Å²) in [6, 6.07) is 2.07. The Labute approximate surface area is 128 Å². The Kier molecular flexibility index (Phi) is 4.02. The van der Waals surface area contributed by atoms with E-state index in [9.17, 15) is 9.59 Å². The molecule has 0 radical (unpaired) electrons. The average Bonchev–Trinajstić information content (AvgIpc) is 2.89. The smallest absolute Gasteiger partial charge is 0.306 e. The molecule has 5 heteroatoms. The Morgan fingerprint density at radius 1 is 1.29 bits per heavy atom. The van der Waals surface area contributed by atoms with Crippen molar-refractivity contribution < 1.29 is 14.7 Å². The summed E-state index contributed by atoms with van der Waals surface area (Å²) in [5.41, 5.74) is 1.35. The number of hydrogen-bond acceptors (Lipinski definition) is 3. The third kappa shape index (κ3) is 2.98. The molecule has 1 fully saturated rings. The minimum absolute atomic E-state index is 0.0888. The Morgan fingerprint density at radius 2 is 2.00 bits per heavy atom. The minimum Gasteiger partial charge on any atom is -0.481 e. The predicted molar refractivity (Wildman–Crippen MR) is 81.8 cm³/mol. The standard InChI is InChI=1S/C16H21NO3S/c1-10-2-3-13-12(8-10)9-14(21-13)15(18)17-6-4-11(5-7-17)16(19)20/h9-11H,2-8H2,1H3,(H,19,20). The number of piperidine rings is 1. The zero-order valence-corrected chi connectivity index (χ0v) is 13.1. The van der Waals surface area contributed by atoms with Gasteiger partial charge in [-0.2, -0.15) is 0 Å². The van der Waals surface area contributed by atoms with E-state index >= 15 is 0 Å². The van der Waals surface area contributed by atoms with Crippen LogP contribution in [0.15, 0.2) is 6.07 Å². The number of fused-ring (bicyclic) bond motifs is 1. The molecule has 21 heavy (non-hydrogen) atoms. The highest BCUT2D eigenvalue weighted by atomic mass is 32.1. The van der Waals surface area contributed by atoms with E-state index in [1.807, 2.05) is 4.90 Å². The van der Waals surface area contributed by atoms with Crippen molar-refractivity contribution in [1.29, 1.82) is 0 Å². The summed E-state index contributed by atoms with van der Waals surface area (Å²) in [7, 11) is 0. The van der Waals surface area contributed by atoms with Crippen molar-refractivity contribution >= 4 is 23.2 Å². The van der Waals surface area contributed by atoms with Gasteiger partial charge in [0, 0.05) is 18.0 Å². The maximum absolute atomic E-state index is 12.6. The monoisotopic (exact) mass is 307 g/mol. The second-order valence-electron chi connectivity index (χ2n) is 6.31. The van der Waals surface area contributed by atoms with E-state index in [0.717, 1.165) is 17.7 Å². The molecule has 114 valence electrons. The number of aliphatic carboxylic acids is 1. The van der Waals surface area contributed by atoms with E-state index in [1.165, 1.54) is 16.9 Å². The Morgan fingerprint density at radius 3 is 2.67 bits per heavy atom. The normalized spacial score (nSPS) is 22.9. The predicted octanol–water partition coefficient (Wildman–Crippen LogP) is 2.81. The van der Waals surface area contributed by atoms with Gasteiger partial charge in [-0.1, -0.05) is 6.92 Å². The number of likely N-dealkylation sites (tertiary alicyclic amines) is 1. The van der Waals surface area contributed by atoms with Crippen LogP contribution in [-0.4, -0.2) is 35.0 Å². The number of carbonyl (C=O) groups excluding carboxylic acids is 1. The van der Waals surface area contributed by atoms with Crippen molar-refractivity contribution in [3.05, 3.63) is 21.4 Å². The summed E-state index contributed by atoms with van der Waals surface area (Å²) in [5.74, 6) is -0.221. The fourth-order valence-corrected chi connectivity index (χ4v) is 4.47. The van der Waals surface area contributed by atoms with Gasteiger partial charge in [0.25, 0.3) is 5.91 Å². The van der Waals surface area contributed by atoms with Crippen LogP contribution in [0.1, 0.15) is 46.3 Å². The van der Waals surface area contributed by atoms with Gasteiger partial charge >= 0.3 is 5.97 Å². The molecule has 0 spiro atoms. The first-order valence-corrected chi connectivity index (χ1v) is 8.50. The molecule has 0 bridgehead atoms. The number of nitrogens with zero attached hydrogens (tertiary/aromatic N) is 1. The second-order valence-corrected chi connectivity index (χ2v) is 7.45. The fraction of sp³-hybridized carbons (Fsp3) is 0.625. The topological polar surface area (TPSA) is 57.6 Å². The number of rotatable bonds is 2. The van der Waals surface area contributed by atoms with E-state index in [1.54, 1.807) is 11.3 Å². The SMILES string of the molecule is CC1CCc2sc(C(=O)N3CCC(C(=O)O)CC3)cc2C1. The molecule has 0 aromatic carbocycles. The molecule has 1 amide bonds. The Hall–Kier alpha value is -1.36. The van der Waals surface area contributed by atoms with Crippen molar-refractivity contribution in [2.24, 2.45) is 11.8 Å². The molecule has 1 N–H and O–H groups in total. The zero-order valence-electron chi connectivity index (χ0n) is 12.3. The summed E-state index contributed by atoms with van der Waals surface area (Å²) in [4.78, 5) is 27.6. The Balaban J connectivity index is 1.68. The maximum Gasteiger partial charge on any atom is 0.306 e. The number of thiophene rings is 1. The van der Waals surface area contributed by atoms with E-state index in [2.05, 4.69) is 13.0 Å². The number of aryl methyl sites for hydroxylation is 1. The van der Waals surface area contributed by atoms with Crippen LogP contribution in [-0.2, 0) is 17.6 Å². The van der Waals surface area contributed by atoms with Crippen LogP contribution in [0.4, 0.5) is 0 Å². The lowest BCUT2D eigenvalue weighted by atomic mass is 9.90. The number of amides is 1. The summed E-state index contributed by atoms with van der Waals surface area (Å²) in [6.45, 7) is 3.39. The lowest BCUT2D eigenvalue weighted by Gasteiger charge is -2.29. The van der Waals surface area contributed by atoms with Gasteiger partial charge in [-0.05, 0) is 49.7 Å². The van der Waals surface area contributed by atoms with Crippen LogP contribution in [0.2, 0.25) is 0 Å². The zero-order chi connectivity index (χ0) is 15.0. The molecule has 4 nitrogen and oxygen atoms in total. The molecule has 2 heterocycles. The number of carboxylic acid groups (broad SMARTS) is 1. The van der Waals surface area contributed by atoms with Crippen molar-refractivity contribution in [2.45, 2.75) is 39.0 Å². The average molecular weight is 307 g/mol. The first-order chi connectivity index (χ1) is 10.0. The van der Waals surface area contributed by atoms with Crippen LogP contribution in [0, 0.1) is 11.8 Å². The van der Waals surface area contributed by atoms with Crippen LogP contribution in [0.25, 0.3) is 0 Å². The molecule has 1 aromatic heterocycles. The first kappa shape index (κ1) is 14.6. The van der Waals surface area contributed by atoms with Crippen LogP contribution >= 0.6 is 11.3 Å². The van der Waals surface area contributed by atoms with Crippen molar-refractivity contribution in [2.75, 3.05) is 13.1 Å². The first-order valence-electron chi connectivity index (χ1n) is 7.68. The van der Waals surface area contributed by atoms with Crippen molar-refractivity contribution in [3.8, 4) is 0 Å². The molecule has 1 aromatic rings. The van der Waals surface area contributed by atoms with Gasteiger partial charge in [-0.15, -0.1) is 11.3 Å². The third-order valence-corrected chi connectivity index (χ3v) is 5.90. The van der Waals surface area contributed by atoms with Gasteiger partial charge < -0.3 is 10.0 Å². The molecule has 1 aliphatic carbocycles. The van der Waals surface area contributed by atoms with E-state index in [4.69, 9.17) is 5.11 Å². The van der Waals surface area contributed by atoms with Gasteiger partial charge in [0.05, 0.1) is 10.8 Å². The van der Waals surface area contributed by atoms with Crippen LogP contribution in [0.3, 0.4) is 0 Å². The highest BCUT2D eigenvalue weighted by molar-refractivity contribution is 7.14. The summed E-state index contributed by atoms with van der Waals surface area (Å²) in [5, 5.41) is 9.01. The fourth-order valence-electron chi connectivity index (χ4n) is 3.30. The molecule has 2 aliphatic rings. The van der Waals surface area contributed by atoms with Gasteiger partial charge in [-0.25, -0.2) is 0 Å². The number of carbonyl (C=O) groups is 2. The van der Waals surface area contributed by atoms with E-state index in [-0.39, 0.29) is 11.8 Å². The Bertz CT molecular complexity index is 558. The lowest BCUT2D eigenvalue weighted by Crippen LogP contribution is -2.39. The summed E-state index contributed by atoms with van der Waals surface area (Å²) < 4.78 is 0. The van der Waals surface area contributed by atoms with Crippen molar-refractivity contribution in [3.63, 3.8) is 0 Å². The van der Waals surface area contributed by atoms with E-state index in [0.29, 0.717) is 31.8 Å². The quantitative estimate of drug-likeness (QED) is 0.914. The van der Waals surface area contributed by atoms with Gasteiger partial charge in [-0.3, -0.25) is 9.59 Å². The van der Waals surface area contributed by atoms with Crippen LogP contribution in [0.5, 0.6) is 0 Å². The lowest BCUT2D eigenvalue weighted by molar-refractivity contribution is -0.143. The molecule has 1 saturated heterocycles. The third-order valence-electron chi connectivity index (χ3n) is 4.67. The minimum atomic E-state index is -0.734. The van der Waals surface area contributed by atoms with Gasteiger partial charge in [0.1, 0.15) is 0 Å². The second kappa shape index (κ2) is 5.79. The summed E-state index contributed by atoms with van der Waals surface area (Å²) >= 11 is 1.64. The summed E-state index contributed by atoms with van der Waals surface area (Å²) in [6.07, 6.45) is 4.54. The van der Waals surface area contributed by atoms with Crippen LogP contribution < -0.4 is 0 Å². The number of hydrogen-bond donors (Lipinski definition) is 1. The highest BCUT2D eigenvalue weighted by Crippen LogP contribution is 2.33. The molecule has 1 aliphatic heterocycles. The van der Waals surface area contributed by atoms with E-state index < -0.39 is 5.97 Å². The maximum atomic E-state index is 12.6. The molecule has 0 saturated carbocycles. The molecule has 1 unspecified atom stereocenters. The molecular formula is C16H21NO3S.